The molecule has 2 heterocycles. The Labute approximate surface area is 67.9 Å². The van der Waals surface area contributed by atoms with E-state index >= 15 is 0 Å². The number of hydrogen-bond acceptors (Lipinski definition) is 3. The minimum absolute atomic E-state index is 0.535. The Hall–Kier alpha value is -0.120. The molecule has 2 rings (SSSR count). The molecule has 0 aromatic heterocycles. The molecule has 2 aliphatic heterocycles. The highest BCUT2D eigenvalue weighted by molar-refractivity contribution is 4.92. The first-order valence-corrected chi connectivity index (χ1v) is 4.51. The zero-order chi connectivity index (χ0) is 7.73. The lowest BCUT2D eigenvalue weighted by molar-refractivity contribution is 0.204. The molecule has 0 bridgehead atoms. The first kappa shape index (κ1) is 7.53. The van der Waals surface area contributed by atoms with Crippen molar-refractivity contribution in [2.45, 2.75) is 19.3 Å². The highest BCUT2D eigenvalue weighted by Gasteiger charge is 2.37. The van der Waals surface area contributed by atoms with E-state index in [-0.39, 0.29) is 0 Å². The third-order valence-corrected chi connectivity index (χ3v) is 3.03. The molecule has 1 unspecified atom stereocenters. The third kappa shape index (κ3) is 1.41. The Morgan fingerprint density at radius 1 is 1.36 bits per heavy atom. The van der Waals surface area contributed by atoms with Gasteiger partial charge >= 0.3 is 0 Å². The molecule has 64 valence electrons. The number of hydrazine groups is 1. The van der Waals surface area contributed by atoms with Gasteiger partial charge in [0.15, 0.2) is 0 Å². The molecule has 1 spiro atoms. The van der Waals surface area contributed by atoms with Crippen molar-refractivity contribution in [1.82, 2.24) is 10.3 Å². The number of nitrogens with zero attached hydrogens (tertiary/aromatic N) is 1. The summed E-state index contributed by atoms with van der Waals surface area (Å²) >= 11 is 0. The standard InChI is InChI=1S/C8H17N3/c9-11-5-3-8(7-11)2-1-4-10-6-8/h10H,1-7,9H2. The zero-order valence-electron chi connectivity index (χ0n) is 6.97. The fraction of sp³-hybridized carbons (Fsp3) is 1.00. The molecule has 3 heteroatoms. The molecule has 0 aromatic carbocycles. The van der Waals surface area contributed by atoms with Crippen molar-refractivity contribution in [1.29, 1.82) is 0 Å². The van der Waals surface area contributed by atoms with Gasteiger partial charge in [0.25, 0.3) is 0 Å². The lowest BCUT2D eigenvalue weighted by Crippen LogP contribution is -2.42. The SMILES string of the molecule is NN1CCC2(CCCNC2)C1. The van der Waals surface area contributed by atoms with Gasteiger partial charge in [0.2, 0.25) is 0 Å². The summed E-state index contributed by atoms with van der Waals surface area (Å²) in [4.78, 5) is 0. The summed E-state index contributed by atoms with van der Waals surface area (Å²) in [6.45, 7) is 4.56. The van der Waals surface area contributed by atoms with Crippen LogP contribution in [0.5, 0.6) is 0 Å². The first-order valence-electron chi connectivity index (χ1n) is 4.51. The Bertz CT molecular complexity index is 135. The van der Waals surface area contributed by atoms with Gasteiger partial charge in [-0.25, -0.2) is 5.01 Å². The molecule has 3 nitrogen and oxygen atoms in total. The molecule has 0 radical (unpaired) electrons. The Kier molecular flexibility index (Phi) is 1.87. The summed E-state index contributed by atoms with van der Waals surface area (Å²) in [6.07, 6.45) is 3.98. The van der Waals surface area contributed by atoms with Crippen molar-refractivity contribution >= 4 is 0 Å². The van der Waals surface area contributed by atoms with Crippen LogP contribution in [0.4, 0.5) is 0 Å². The number of nitrogens with two attached hydrogens (primary N) is 1. The van der Waals surface area contributed by atoms with Crippen molar-refractivity contribution in [2.75, 3.05) is 26.2 Å². The van der Waals surface area contributed by atoms with E-state index < -0.39 is 0 Å². The van der Waals surface area contributed by atoms with E-state index in [9.17, 15) is 0 Å². The van der Waals surface area contributed by atoms with Crippen LogP contribution in [0.15, 0.2) is 0 Å². The van der Waals surface area contributed by atoms with E-state index in [0.717, 1.165) is 13.1 Å². The summed E-state index contributed by atoms with van der Waals surface area (Å²) in [7, 11) is 0. The van der Waals surface area contributed by atoms with Gasteiger partial charge in [-0.3, -0.25) is 5.84 Å². The van der Waals surface area contributed by atoms with Crippen molar-refractivity contribution in [3.63, 3.8) is 0 Å². The highest BCUT2D eigenvalue weighted by atomic mass is 15.4. The molecule has 2 aliphatic rings. The second-order valence-corrected chi connectivity index (χ2v) is 4.00. The van der Waals surface area contributed by atoms with Crippen LogP contribution in [-0.2, 0) is 0 Å². The molecule has 0 saturated carbocycles. The molecule has 0 amide bonds. The second kappa shape index (κ2) is 2.73. The molecule has 0 aliphatic carbocycles. The van der Waals surface area contributed by atoms with Crippen molar-refractivity contribution in [3.05, 3.63) is 0 Å². The highest BCUT2D eigenvalue weighted by Crippen LogP contribution is 2.34. The van der Waals surface area contributed by atoms with Gasteiger partial charge in [0, 0.05) is 19.6 Å². The van der Waals surface area contributed by atoms with Crippen LogP contribution in [0.25, 0.3) is 0 Å². The molecule has 1 atom stereocenters. The van der Waals surface area contributed by atoms with Gasteiger partial charge in [0.05, 0.1) is 0 Å². The number of rotatable bonds is 0. The van der Waals surface area contributed by atoms with Crippen molar-refractivity contribution in [2.24, 2.45) is 11.3 Å². The average Bonchev–Trinajstić information content (AvgIpc) is 2.34. The van der Waals surface area contributed by atoms with Crippen LogP contribution in [0.3, 0.4) is 0 Å². The Balaban J connectivity index is 1.98. The van der Waals surface area contributed by atoms with Gasteiger partial charge in [-0.2, -0.15) is 0 Å². The normalized spacial score (nSPS) is 40.1. The monoisotopic (exact) mass is 155 g/mol. The van der Waals surface area contributed by atoms with E-state index in [0.29, 0.717) is 5.41 Å². The molecule has 3 N–H and O–H groups in total. The fourth-order valence-electron chi connectivity index (χ4n) is 2.35. The van der Waals surface area contributed by atoms with E-state index in [1.54, 1.807) is 0 Å². The van der Waals surface area contributed by atoms with E-state index in [1.807, 2.05) is 5.01 Å². The van der Waals surface area contributed by atoms with Crippen LogP contribution in [0.2, 0.25) is 0 Å². The number of piperidine rings is 1. The van der Waals surface area contributed by atoms with Crippen LogP contribution >= 0.6 is 0 Å². The zero-order valence-corrected chi connectivity index (χ0v) is 6.97. The summed E-state index contributed by atoms with van der Waals surface area (Å²) in [6, 6.07) is 0. The van der Waals surface area contributed by atoms with Gasteiger partial charge in [0.1, 0.15) is 0 Å². The van der Waals surface area contributed by atoms with E-state index in [2.05, 4.69) is 5.32 Å². The maximum Gasteiger partial charge on any atom is 0.0197 e. The first-order chi connectivity index (χ1) is 5.31. The average molecular weight is 155 g/mol. The van der Waals surface area contributed by atoms with Gasteiger partial charge in [-0.15, -0.1) is 0 Å². The predicted octanol–water partition coefficient (Wildman–Crippen LogP) is -0.0644. The predicted molar refractivity (Wildman–Crippen MR) is 44.9 cm³/mol. The van der Waals surface area contributed by atoms with Gasteiger partial charge in [-0.1, -0.05) is 0 Å². The summed E-state index contributed by atoms with van der Waals surface area (Å²) < 4.78 is 0. The molecule has 11 heavy (non-hydrogen) atoms. The Morgan fingerprint density at radius 2 is 2.27 bits per heavy atom. The fourth-order valence-corrected chi connectivity index (χ4v) is 2.35. The molecule has 2 fully saturated rings. The van der Waals surface area contributed by atoms with Crippen LogP contribution < -0.4 is 11.2 Å². The second-order valence-electron chi connectivity index (χ2n) is 4.00. The van der Waals surface area contributed by atoms with E-state index in [1.165, 1.54) is 32.4 Å². The summed E-state index contributed by atoms with van der Waals surface area (Å²) in [5.74, 6) is 5.75. The molecular weight excluding hydrogens is 138 g/mol. The van der Waals surface area contributed by atoms with Crippen LogP contribution in [0, 0.1) is 5.41 Å². The lowest BCUT2D eigenvalue weighted by Gasteiger charge is -2.33. The van der Waals surface area contributed by atoms with E-state index in [4.69, 9.17) is 5.84 Å². The minimum Gasteiger partial charge on any atom is -0.316 e. The van der Waals surface area contributed by atoms with Crippen LogP contribution in [0.1, 0.15) is 19.3 Å². The van der Waals surface area contributed by atoms with Crippen molar-refractivity contribution < 1.29 is 0 Å². The van der Waals surface area contributed by atoms with Gasteiger partial charge in [-0.05, 0) is 31.2 Å². The molecule has 2 saturated heterocycles. The topological polar surface area (TPSA) is 41.3 Å². The smallest absolute Gasteiger partial charge is 0.0197 e. The maximum absolute atomic E-state index is 5.75. The third-order valence-electron chi connectivity index (χ3n) is 3.03. The molecular formula is C8H17N3. The number of hydrogen-bond donors (Lipinski definition) is 2. The lowest BCUT2D eigenvalue weighted by atomic mass is 9.80. The Morgan fingerprint density at radius 3 is 2.82 bits per heavy atom. The summed E-state index contributed by atoms with van der Waals surface area (Å²) in [5.41, 5.74) is 0.535. The minimum atomic E-state index is 0.535. The quantitative estimate of drug-likeness (QED) is 0.481. The number of nitrogens with one attached hydrogen (secondary N) is 1. The molecule has 0 aromatic rings. The van der Waals surface area contributed by atoms with Gasteiger partial charge < -0.3 is 5.32 Å². The maximum atomic E-state index is 5.75. The largest absolute Gasteiger partial charge is 0.316 e. The van der Waals surface area contributed by atoms with Crippen molar-refractivity contribution in [3.8, 4) is 0 Å². The van der Waals surface area contributed by atoms with Crippen LogP contribution in [-0.4, -0.2) is 31.2 Å². The summed E-state index contributed by atoms with van der Waals surface area (Å²) in [5, 5.41) is 5.42.